The molecule has 2 rings (SSSR count). The second-order valence-corrected chi connectivity index (χ2v) is 7.42. The van der Waals surface area contributed by atoms with Gasteiger partial charge in [0.25, 0.3) is 0 Å². The number of sulfonamides is 1. The molecule has 1 aliphatic rings. The van der Waals surface area contributed by atoms with Crippen LogP contribution >= 0.6 is 0 Å². The van der Waals surface area contributed by atoms with Gasteiger partial charge in [0, 0.05) is 20.2 Å². The molecule has 0 radical (unpaired) electrons. The molecule has 8 heteroatoms. The highest BCUT2D eigenvalue weighted by molar-refractivity contribution is 7.89. The van der Waals surface area contributed by atoms with Crippen molar-refractivity contribution in [1.29, 1.82) is 0 Å². The Bertz CT molecular complexity index is 624. The van der Waals surface area contributed by atoms with Crippen LogP contribution in [0.4, 0.5) is 0 Å². The number of carbonyl (C=O) groups excluding carboxylic acids is 1. The van der Waals surface area contributed by atoms with E-state index in [-0.39, 0.29) is 23.5 Å². The maximum atomic E-state index is 12.4. The molecule has 0 spiro atoms. The number of hydrogen-bond acceptors (Lipinski definition) is 5. The summed E-state index contributed by atoms with van der Waals surface area (Å²) in [5.74, 6) is 0.223. The lowest BCUT2D eigenvalue weighted by Gasteiger charge is -2.18. The van der Waals surface area contributed by atoms with Gasteiger partial charge in [-0.2, -0.15) is 4.31 Å². The summed E-state index contributed by atoms with van der Waals surface area (Å²) >= 11 is 0. The molecule has 0 unspecified atom stereocenters. The highest BCUT2D eigenvalue weighted by atomic mass is 32.2. The van der Waals surface area contributed by atoms with E-state index in [1.165, 1.54) is 26.3 Å². The van der Waals surface area contributed by atoms with Crippen LogP contribution in [-0.4, -0.2) is 58.6 Å². The largest absolute Gasteiger partial charge is 0.497 e. The summed E-state index contributed by atoms with van der Waals surface area (Å²) < 4.78 is 36.3. The monoisotopic (exact) mass is 342 g/mol. The number of rotatable bonds is 7. The van der Waals surface area contributed by atoms with E-state index in [9.17, 15) is 13.2 Å². The molecule has 0 aromatic heterocycles. The Morgan fingerprint density at radius 2 is 2.09 bits per heavy atom. The summed E-state index contributed by atoms with van der Waals surface area (Å²) in [4.78, 5) is 12.0. The van der Waals surface area contributed by atoms with Gasteiger partial charge < -0.3 is 14.8 Å². The van der Waals surface area contributed by atoms with E-state index in [4.69, 9.17) is 9.47 Å². The van der Waals surface area contributed by atoms with Gasteiger partial charge in [0.05, 0.1) is 24.7 Å². The third-order valence-electron chi connectivity index (χ3n) is 3.68. The van der Waals surface area contributed by atoms with Crippen LogP contribution in [0.25, 0.3) is 0 Å². The third kappa shape index (κ3) is 4.66. The molecule has 128 valence electrons. The Labute approximate surface area is 136 Å². The molecule has 1 heterocycles. The van der Waals surface area contributed by atoms with E-state index < -0.39 is 10.0 Å². The van der Waals surface area contributed by atoms with E-state index in [0.717, 1.165) is 17.1 Å². The molecule has 1 aliphatic heterocycles. The molecule has 1 saturated heterocycles. The van der Waals surface area contributed by atoms with Crippen molar-refractivity contribution in [3.8, 4) is 5.75 Å². The molecule has 0 aliphatic carbocycles. The zero-order chi connectivity index (χ0) is 16.9. The van der Waals surface area contributed by atoms with Gasteiger partial charge in [-0.25, -0.2) is 8.42 Å². The van der Waals surface area contributed by atoms with Gasteiger partial charge >= 0.3 is 0 Å². The highest BCUT2D eigenvalue weighted by Gasteiger charge is 2.23. The van der Waals surface area contributed by atoms with Crippen LogP contribution < -0.4 is 10.1 Å². The van der Waals surface area contributed by atoms with Crippen molar-refractivity contribution in [1.82, 2.24) is 9.62 Å². The maximum Gasteiger partial charge on any atom is 0.243 e. The molecule has 0 bridgehead atoms. The Kier molecular flexibility index (Phi) is 5.97. The summed E-state index contributed by atoms with van der Waals surface area (Å²) in [6.45, 7) is 0.891. The number of methoxy groups -OCH3 is 1. The van der Waals surface area contributed by atoms with Crippen LogP contribution in [0.3, 0.4) is 0 Å². The first-order valence-corrected chi connectivity index (χ1v) is 8.86. The molecular formula is C15H22N2O5S. The van der Waals surface area contributed by atoms with Gasteiger partial charge in [-0.1, -0.05) is 0 Å². The van der Waals surface area contributed by atoms with Gasteiger partial charge in [-0.05, 0) is 37.1 Å². The minimum Gasteiger partial charge on any atom is -0.497 e. The highest BCUT2D eigenvalue weighted by Crippen LogP contribution is 2.18. The van der Waals surface area contributed by atoms with E-state index >= 15 is 0 Å². The van der Waals surface area contributed by atoms with E-state index in [2.05, 4.69) is 5.32 Å². The number of likely N-dealkylation sites (N-methyl/N-ethyl adjacent to an activating group) is 1. The molecule has 1 aromatic carbocycles. The Balaban J connectivity index is 1.91. The van der Waals surface area contributed by atoms with Gasteiger partial charge in [0.15, 0.2) is 0 Å². The fourth-order valence-corrected chi connectivity index (χ4v) is 3.43. The van der Waals surface area contributed by atoms with E-state index in [0.29, 0.717) is 18.9 Å². The van der Waals surface area contributed by atoms with Crippen molar-refractivity contribution in [2.75, 3.05) is 33.9 Å². The number of hydrogen-bond donors (Lipinski definition) is 1. The van der Waals surface area contributed by atoms with Crippen LogP contribution in [0.15, 0.2) is 29.2 Å². The third-order valence-corrected chi connectivity index (χ3v) is 5.50. The summed E-state index contributed by atoms with van der Waals surface area (Å²) in [6, 6.07) is 6.04. The van der Waals surface area contributed by atoms with Crippen LogP contribution in [0, 0.1) is 0 Å². The number of nitrogens with zero attached hydrogens (tertiary/aromatic N) is 1. The summed E-state index contributed by atoms with van der Waals surface area (Å²) in [5, 5.41) is 2.71. The SMILES string of the molecule is COc1ccc(S(=O)(=O)N(C)CC(=O)NC[C@@H]2CCCO2)cc1. The zero-order valence-corrected chi connectivity index (χ0v) is 14.1. The second-order valence-electron chi connectivity index (χ2n) is 5.38. The second kappa shape index (κ2) is 7.76. The molecule has 1 aromatic rings. The van der Waals surface area contributed by atoms with Crippen LogP contribution in [0.5, 0.6) is 5.75 Å². The molecule has 1 fully saturated rings. The fourth-order valence-electron chi connectivity index (χ4n) is 2.30. The maximum absolute atomic E-state index is 12.4. The first kappa shape index (κ1) is 17.7. The van der Waals surface area contributed by atoms with Gasteiger partial charge in [0.2, 0.25) is 15.9 Å². The molecule has 1 N–H and O–H groups in total. The van der Waals surface area contributed by atoms with Gasteiger partial charge in [0.1, 0.15) is 5.75 Å². The van der Waals surface area contributed by atoms with Crippen molar-refractivity contribution >= 4 is 15.9 Å². The minimum atomic E-state index is -3.71. The number of benzene rings is 1. The van der Waals surface area contributed by atoms with Crippen molar-refractivity contribution in [2.24, 2.45) is 0 Å². The molecule has 1 amide bonds. The standard InChI is InChI=1S/C15H22N2O5S/c1-17(11-15(18)16-10-13-4-3-9-22-13)23(19,20)14-7-5-12(21-2)6-8-14/h5-8,13H,3-4,9-11H2,1-2H3,(H,16,18)/t13-/m0/s1. The molecular weight excluding hydrogens is 320 g/mol. The predicted octanol–water partition coefficient (Wildman–Crippen LogP) is 0.611. The van der Waals surface area contributed by atoms with Crippen LogP contribution in [-0.2, 0) is 19.6 Å². The lowest BCUT2D eigenvalue weighted by Crippen LogP contribution is -2.40. The number of nitrogens with one attached hydrogen (secondary N) is 1. The quantitative estimate of drug-likeness (QED) is 0.785. The Morgan fingerprint density at radius 3 is 2.65 bits per heavy atom. The number of carbonyl (C=O) groups is 1. The Hall–Kier alpha value is -1.64. The average molecular weight is 342 g/mol. The minimum absolute atomic E-state index is 0.0300. The normalized spacial score (nSPS) is 18.1. The van der Waals surface area contributed by atoms with Gasteiger partial charge in [-0.3, -0.25) is 4.79 Å². The zero-order valence-electron chi connectivity index (χ0n) is 13.3. The topological polar surface area (TPSA) is 84.9 Å². The molecule has 7 nitrogen and oxygen atoms in total. The molecule has 0 saturated carbocycles. The smallest absolute Gasteiger partial charge is 0.243 e. The Morgan fingerprint density at radius 1 is 1.39 bits per heavy atom. The number of ether oxygens (including phenoxy) is 2. The summed E-state index contributed by atoms with van der Waals surface area (Å²) in [5.41, 5.74) is 0. The van der Waals surface area contributed by atoms with E-state index in [1.807, 2.05) is 0 Å². The van der Waals surface area contributed by atoms with Crippen molar-refractivity contribution in [3.05, 3.63) is 24.3 Å². The molecule has 23 heavy (non-hydrogen) atoms. The van der Waals surface area contributed by atoms with Crippen molar-refractivity contribution < 1.29 is 22.7 Å². The lowest BCUT2D eigenvalue weighted by molar-refractivity contribution is -0.121. The van der Waals surface area contributed by atoms with E-state index in [1.54, 1.807) is 12.1 Å². The first-order valence-electron chi connectivity index (χ1n) is 7.42. The predicted molar refractivity (Wildman–Crippen MR) is 84.8 cm³/mol. The first-order chi connectivity index (χ1) is 10.9. The summed E-state index contributed by atoms with van der Waals surface area (Å²) in [6.07, 6.45) is 1.94. The van der Waals surface area contributed by atoms with Crippen molar-refractivity contribution in [2.45, 2.75) is 23.8 Å². The number of amides is 1. The van der Waals surface area contributed by atoms with Gasteiger partial charge in [-0.15, -0.1) is 0 Å². The summed E-state index contributed by atoms with van der Waals surface area (Å²) in [7, 11) is -0.823. The molecule has 1 atom stereocenters. The van der Waals surface area contributed by atoms with Crippen LogP contribution in [0.2, 0.25) is 0 Å². The van der Waals surface area contributed by atoms with Crippen LogP contribution in [0.1, 0.15) is 12.8 Å². The van der Waals surface area contributed by atoms with Crippen molar-refractivity contribution in [3.63, 3.8) is 0 Å². The average Bonchev–Trinajstić information content (AvgIpc) is 3.06. The fraction of sp³-hybridized carbons (Fsp3) is 0.533. The lowest BCUT2D eigenvalue weighted by atomic mass is 10.2.